The highest BCUT2D eigenvalue weighted by atomic mass is 16.2. The number of anilines is 1. The van der Waals surface area contributed by atoms with Gasteiger partial charge in [-0.2, -0.15) is 0 Å². The maximum atomic E-state index is 12.3. The predicted molar refractivity (Wildman–Crippen MR) is 81.7 cm³/mol. The molecule has 0 unspecified atom stereocenters. The van der Waals surface area contributed by atoms with Gasteiger partial charge in [0.05, 0.1) is 0 Å². The molecule has 2 fully saturated rings. The van der Waals surface area contributed by atoms with Gasteiger partial charge in [0.1, 0.15) is 6.04 Å². The second kappa shape index (κ2) is 6.20. The van der Waals surface area contributed by atoms with Gasteiger partial charge in [-0.25, -0.2) is 0 Å². The molecular weight excluding hydrogens is 298 g/mol. The highest BCUT2D eigenvalue weighted by molar-refractivity contribution is 6.04. The quantitative estimate of drug-likeness (QED) is 0.787. The van der Waals surface area contributed by atoms with Gasteiger partial charge >= 0.3 is 0 Å². The first-order chi connectivity index (χ1) is 11.0. The SMILES string of the molecule is O=C1CC[C@H](NC(=O)c2cccc(N3CCCC3=O)c2)C(=O)N1. The van der Waals surface area contributed by atoms with Gasteiger partial charge in [0.25, 0.3) is 5.91 Å². The molecule has 1 aromatic carbocycles. The van der Waals surface area contributed by atoms with Gasteiger partial charge in [-0.3, -0.25) is 24.5 Å². The van der Waals surface area contributed by atoms with E-state index in [4.69, 9.17) is 0 Å². The Kier molecular flexibility index (Phi) is 4.10. The molecule has 2 heterocycles. The Balaban J connectivity index is 1.71. The second-order valence-electron chi connectivity index (χ2n) is 5.68. The van der Waals surface area contributed by atoms with Crippen LogP contribution in [0.25, 0.3) is 0 Å². The lowest BCUT2D eigenvalue weighted by Crippen LogP contribution is -2.52. The first kappa shape index (κ1) is 15.2. The molecule has 23 heavy (non-hydrogen) atoms. The van der Waals surface area contributed by atoms with E-state index in [1.54, 1.807) is 29.2 Å². The monoisotopic (exact) mass is 315 g/mol. The smallest absolute Gasteiger partial charge is 0.252 e. The molecule has 2 aliphatic rings. The van der Waals surface area contributed by atoms with Crippen LogP contribution < -0.4 is 15.5 Å². The van der Waals surface area contributed by atoms with Gasteiger partial charge in [0, 0.05) is 30.6 Å². The fraction of sp³-hybridized carbons (Fsp3) is 0.375. The molecule has 2 N–H and O–H groups in total. The average Bonchev–Trinajstić information content (AvgIpc) is 2.96. The van der Waals surface area contributed by atoms with E-state index in [2.05, 4.69) is 10.6 Å². The van der Waals surface area contributed by atoms with Crippen molar-refractivity contribution in [3.05, 3.63) is 29.8 Å². The largest absolute Gasteiger partial charge is 0.340 e. The van der Waals surface area contributed by atoms with Crippen LogP contribution in [0, 0.1) is 0 Å². The van der Waals surface area contributed by atoms with Gasteiger partial charge in [-0.1, -0.05) is 6.07 Å². The lowest BCUT2D eigenvalue weighted by molar-refractivity contribution is -0.134. The number of carbonyl (C=O) groups is 4. The van der Waals surface area contributed by atoms with Crippen molar-refractivity contribution in [2.45, 2.75) is 31.7 Å². The molecule has 120 valence electrons. The van der Waals surface area contributed by atoms with Crippen LogP contribution >= 0.6 is 0 Å². The Bertz CT molecular complexity index is 686. The maximum Gasteiger partial charge on any atom is 0.252 e. The molecule has 0 bridgehead atoms. The third kappa shape index (κ3) is 3.23. The fourth-order valence-electron chi connectivity index (χ4n) is 2.81. The molecule has 4 amide bonds. The Labute approximate surface area is 133 Å². The minimum Gasteiger partial charge on any atom is -0.340 e. The first-order valence-corrected chi connectivity index (χ1v) is 7.59. The molecule has 7 heteroatoms. The Hall–Kier alpha value is -2.70. The van der Waals surface area contributed by atoms with E-state index in [0.717, 1.165) is 6.42 Å². The summed E-state index contributed by atoms with van der Waals surface area (Å²) in [7, 11) is 0. The first-order valence-electron chi connectivity index (χ1n) is 7.59. The summed E-state index contributed by atoms with van der Waals surface area (Å²) in [5.41, 5.74) is 1.07. The Morgan fingerprint density at radius 2 is 2.04 bits per heavy atom. The van der Waals surface area contributed by atoms with Crippen molar-refractivity contribution in [3.8, 4) is 0 Å². The average molecular weight is 315 g/mol. The van der Waals surface area contributed by atoms with Crippen LogP contribution in [0.3, 0.4) is 0 Å². The topological polar surface area (TPSA) is 95.6 Å². The van der Waals surface area contributed by atoms with E-state index < -0.39 is 17.9 Å². The number of nitrogens with one attached hydrogen (secondary N) is 2. The van der Waals surface area contributed by atoms with Crippen molar-refractivity contribution in [2.75, 3.05) is 11.4 Å². The molecule has 0 aromatic heterocycles. The minimum atomic E-state index is -0.711. The van der Waals surface area contributed by atoms with Crippen molar-refractivity contribution < 1.29 is 19.2 Å². The van der Waals surface area contributed by atoms with Crippen molar-refractivity contribution >= 4 is 29.3 Å². The third-order valence-corrected chi connectivity index (χ3v) is 4.04. The molecule has 0 saturated carbocycles. The van der Waals surface area contributed by atoms with Gasteiger partial charge in [-0.05, 0) is 31.0 Å². The molecule has 2 saturated heterocycles. The minimum absolute atomic E-state index is 0.0488. The summed E-state index contributed by atoms with van der Waals surface area (Å²) < 4.78 is 0. The van der Waals surface area contributed by atoms with Gasteiger partial charge in [0.15, 0.2) is 0 Å². The summed E-state index contributed by atoms with van der Waals surface area (Å²) in [6.07, 6.45) is 1.83. The van der Waals surface area contributed by atoms with Crippen LogP contribution in [0.4, 0.5) is 5.69 Å². The highest BCUT2D eigenvalue weighted by Crippen LogP contribution is 2.22. The van der Waals surface area contributed by atoms with Gasteiger partial charge in [-0.15, -0.1) is 0 Å². The van der Waals surface area contributed by atoms with E-state index in [-0.39, 0.29) is 18.2 Å². The number of hydrogen-bond donors (Lipinski definition) is 2. The van der Waals surface area contributed by atoms with Crippen LogP contribution in [0.15, 0.2) is 24.3 Å². The zero-order valence-electron chi connectivity index (χ0n) is 12.5. The van der Waals surface area contributed by atoms with Crippen LogP contribution in [0.2, 0.25) is 0 Å². The number of imide groups is 1. The molecule has 0 radical (unpaired) electrons. The van der Waals surface area contributed by atoms with E-state index in [1.807, 2.05) is 0 Å². The lowest BCUT2D eigenvalue weighted by atomic mass is 10.1. The third-order valence-electron chi connectivity index (χ3n) is 4.04. The summed E-state index contributed by atoms with van der Waals surface area (Å²) in [5, 5.41) is 4.83. The number of amides is 4. The standard InChI is InChI=1S/C16H17N3O4/c20-13-7-6-12(16(23)18-13)17-15(22)10-3-1-4-11(9-10)19-8-2-5-14(19)21/h1,3-4,9,12H,2,5-8H2,(H,17,22)(H,18,20,23)/t12-/m0/s1. The zero-order chi connectivity index (χ0) is 16.4. The fourth-order valence-corrected chi connectivity index (χ4v) is 2.81. The molecule has 7 nitrogen and oxygen atoms in total. The summed E-state index contributed by atoms with van der Waals surface area (Å²) in [6.45, 7) is 0.650. The predicted octanol–water partition coefficient (Wildman–Crippen LogP) is 0.348. The summed E-state index contributed by atoms with van der Waals surface area (Å²) in [4.78, 5) is 48.6. The Morgan fingerprint density at radius 1 is 1.22 bits per heavy atom. The zero-order valence-corrected chi connectivity index (χ0v) is 12.5. The van der Waals surface area contributed by atoms with E-state index in [1.165, 1.54) is 0 Å². The number of benzene rings is 1. The van der Waals surface area contributed by atoms with Gasteiger partial charge < -0.3 is 10.2 Å². The van der Waals surface area contributed by atoms with Crippen molar-refractivity contribution in [1.29, 1.82) is 0 Å². The summed E-state index contributed by atoms with van der Waals surface area (Å²) in [6, 6.07) is 6.06. The number of hydrogen-bond acceptors (Lipinski definition) is 4. The second-order valence-corrected chi connectivity index (χ2v) is 5.68. The van der Waals surface area contributed by atoms with Crippen molar-refractivity contribution in [2.24, 2.45) is 0 Å². The number of carbonyl (C=O) groups excluding carboxylic acids is 4. The molecule has 2 aliphatic heterocycles. The number of nitrogens with zero attached hydrogens (tertiary/aromatic N) is 1. The molecule has 1 aromatic rings. The maximum absolute atomic E-state index is 12.3. The molecule has 0 spiro atoms. The van der Waals surface area contributed by atoms with Crippen molar-refractivity contribution in [3.63, 3.8) is 0 Å². The van der Waals surface area contributed by atoms with Gasteiger partial charge in [0.2, 0.25) is 17.7 Å². The van der Waals surface area contributed by atoms with E-state index in [9.17, 15) is 19.2 Å². The normalized spacial score (nSPS) is 21.3. The van der Waals surface area contributed by atoms with Crippen LogP contribution in [-0.4, -0.2) is 36.2 Å². The Morgan fingerprint density at radius 3 is 2.74 bits per heavy atom. The van der Waals surface area contributed by atoms with Crippen LogP contribution in [0.5, 0.6) is 0 Å². The molecule has 0 aliphatic carbocycles. The number of rotatable bonds is 3. The number of piperidine rings is 1. The molecule has 3 rings (SSSR count). The summed E-state index contributed by atoms with van der Waals surface area (Å²) in [5.74, 6) is -1.16. The molecule has 1 atom stereocenters. The summed E-state index contributed by atoms with van der Waals surface area (Å²) >= 11 is 0. The van der Waals surface area contributed by atoms with Crippen molar-refractivity contribution in [1.82, 2.24) is 10.6 Å². The van der Waals surface area contributed by atoms with Crippen LogP contribution in [-0.2, 0) is 14.4 Å². The van der Waals surface area contributed by atoms with E-state index in [0.29, 0.717) is 30.6 Å². The lowest BCUT2D eigenvalue weighted by Gasteiger charge is -2.22. The highest BCUT2D eigenvalue weighted by Gasteiger charge is 2.28. The van der Waals surface area contributed by atoms with E-state index >= 15 is 0 Å². The van der Waals surface area contributed by atoms with Crippen LogP contribution in [0.1, 0.15) is 36.0 Å². The molecular formula is C16H17N3O4.